The van der Waals surface area contributed by atoms with Gasteiger partial charge in [-0.15, -0.1) is 22.0 Å². The van der Waals surface area contributed by atoms with Crippen molar-refractivity contribution in [2.45, 2.75) is 22.6 Å². The average molecular weight is 641 g/mol. The van der Waals surface area contributed by atoms with Crippen molar-refractivity contribution >= 4 is 47.2 Å². The van der Waals surface area contributed by atoms with Crippen LogP contribution in [0.2, 0.25) is 0 Å². The van der Waals surface area contributed by atoms with E-state index in [1.54, 1.807) is 30.3 Å². The number of aromatic hydroxyl groups is 3. The molecule has 0 spiro atoms. The van der Waals surface area contributed by atoms with Gasteiger partial charge in [0.05, 0.1) is 0 Å². The van der Waals surface area contributed by atoms with E-state index in [1.807, 2.05) is 0 Å². The Morgan fingerprint density at radius 3 is 2.48 bits per heavy atom. The molecule has 0 radical (unpaired) electrons. The van der Waals surface area contributed by atoms with Gasteiger partial charge in [0, 0.05) is 24.1 Å². The molecule has 17 heteroatoms. The highest BCUT2D eigenvalue weighted by Crippen LogP contribution is 2.41. The van der Waals surface area contributed by atoms with Gasteiger partial charge in [-0.3, -0.25) is 28.6 Å². The van der Waals surface area contributed by atoms with Gasteiger partial charge in [0.1, 0.15) is 23.2 Å². The summed E-state index contributed by atoms with van der Waals surface area (Å²) >= 11 is 2.25. The Balaban J connectivity index is 1.33. The highest BCUT2D eigenvalue weighted by molar-refractivity contribution is 8.01. The Bertz CT molecular complexity index is 1760. The number of fused-ring (bicyclic) bond motifs is 1. The van der Waals surface area contributed by atoms with E-state index in [-0.39, 0.29) is 27.9 Å². The Morgan fingerprint density at radius 1 is 1.07 bits per heavy atom. The number of carbonyl (C=O) groups is 4. The number of aromatic nitrogens is 3. The number of β-lactam (4-membered cyclic amide) rings is 1. The summed E-state index contributed by atoms with van der Waals surface area (Å²) in [6.45, 7) is 0. The molecule has 2 aliphatic rings. The number of aliphatic carboxylic acids is 1. The maximum Gasteiger partial charge on any atom is 0.352 e. The van der Waals surface area contributed by atoms with Crippen LogP contribution in [0.15, 0.2) is 69.8 Å². The topological polar surface area (TPSA) is 224 Å². The number of carboxylic acids is 1. The van der Waals surface area contributed by atoms with Crippen LogP contribution in [0.1, 0.15) is 22.0 Å². The Kier molecular flexibility index (Phi) is 8.50. The molecule has 228 valence electrons. The third kappa shape index (κ3) is 5.78. The van der Waals surface area contributed by atoms with Crippen LogP contribution in [0.4, 0.5) is 0 Å². The van der Waals surface area contributed by atoms with Gasteiger partial charge in [-0.2, -0.15) is 0 Å². The van der Waals surface area contributed by atoms with Gasteiger partial charge >= 0.3 is 11.5 Å². The standard InChI is InChI=1S/C27H24N6O9S2/c1-32-24(40)22(38)30-31-27(32)44-11-14-10-43-25-18(23(39)33(25)19(14)26(41)42)29-21(37)17(12-5-3-2-4-6-12)28-20(36)13-7-8-15(34)16(35)9-13/h2-9,17-18,25,34-35H,10-11H2,1H3,(H,28,36)(H,29,37)(H,30,38)(H,41,42)/t17?,18?,25-/m0/s1. The highest BCUT2D eigenvalue weighted by atomic mass is 32.2. The van der Waals surface area contributed by atoms with Gasteiger partial charge in [-0.05, 0) is 29.3 Å². The molecule has 15 nitrogen and oxygen atoms in total. The fourth-order valence-corrected chi connectivity index (χ4v) is 6.96. The number of thioether (sulfide) groups is 2. The zero-order chi connectivity index (χ0) is 31.7. The number of hydrogen-bond donors (Lipinski definition) is 6. The molecule has 1 fully saturated rings. The van der Waals surface area contributed by atoms with Crippen molar-refractivity contribution in [1.29, 1.82) is 0 Å². The summed E-state index contributed by atoms with van der Waals surface area (Å²) in [5.74, 6) is -4.92. The third-order valence-electron chi connectivity index (χ3n) is 6.84. The average Bonchev–Trinajstić information content (AvgIpc) is 3.01. The van der Waals surface area contributed by atoms with Crippen molar-refractivity contribution in [3.8, 4) is 17.4 Å². The van der Waals surface area contributed by atoms with Gasteiger partial charge in [-0.25, -0.2) is 4.79 Å². The molecule has 6 N–H and O–H groups in total. The number of carbonyl (C=O) groups excluding carboxylic acids is 3. The summed E-state index contributed by atoms with van der Waals surface area (Å²) in [4.78, 5) is 65.0. The number of phenolic OH excluding ortho intramolecular Hbond substituents is 2. The lowest BCUT2D eigenvalue weighted by molar-refractivity contribution is -0.151. The second-order valence-corrected chi connectivity index (χ2v) is 11.7. The molecule has 44 heavy (non-hydrogen) atoms. The van der Waals surface area contributed by atoms with Crippen LogP contribution in [0.5, 0.6) is 17.4 Å². The van der Waals surface area contributed by atoms with E-state index < -0.39 is 64.1 Å². The smallest absolute Gasteiger partial charge is 0.352 e. The quantitative estimate of drug-likeness (QED) is 0.105. The monoisotopic (exact) mass is 640 g/mol. The summed E-state index contributed by atoms with van der Waals surface area (Å²) in [5.41, 5.74) is -0.249. The zero-order valence-electron chi connectivity index (χ0n) is 22.7. The SMILES string of the molecule is Cn1c(SCC2=C(C(=O)O)N3C(=O)C(NC(=O)C(NC(=O)c4ccc(O)c(O)c4)c4ccccc4)[C@@H]3SC2)nnc(O)c1=O. The first kappa shape index (κ1) is 30.4. The van der Waals surface area contributed by atoms with Crippen LogP contribution in [0.25, 0.3) is 0 Å². The maximum absolute atomic E-state index is 13.5. The molecule has 3 heterocycles. The van der Waals surface area contributed by atoms with Gasteiger partial charge < -0.3 is 31.1 Å². The van der Waals surface area contributed by atoms with Crippen LogP contribution in [-0.2, 0) is 21.4 Å². The maximum atomic E-state index is 13.5. The fourth-order valence-electron chi connectivity index (χ4n) is 4.57. The lowest BCUT2D eigenvalue weighted by atomic mass is 10.0. The summed E-state index contributed by atoms with van der Waals surface area (Å²) in [6.07, 6.45) is 0. The molecule has 0 aliphatic carbocycles. The molecule has 3 amide bonds. The number of carboxylic acid groups (broad SMARTS) is 1. The predicted molar refractivity (Wildman–Crippen MR) is 156 cm³/mol. The molecule has 0 saturated carbocycles. The molecule has 5 rings (SSSR count). The van der Waals surface area contributed by atoms with Gasteiger partial charge in [-0.1, -0.05) is 42.1 Å². The van der Waals surface area contributed by atoms with Crippen LogP contribution < -0.4 is 16.2 Å². The van der Waals surface area contributed by atoms with Crippen molar-refractivity contribution in [2.75, 3.05) is 11.5 Å². The molecule has 2 aliphatic heterocycles. The van der Waals surface area contributed by atoms with Crippen LogP contribution >= 0.6 is 23.5 Å². The summed E-state index contributed by atoms with van der Waals surface area (Å²) in [6, 6.07) is 9.34. The lowest BCUT2D eigenvalue weighted by Crippen LogP contribution is -2.71. The minimum absolute atomic E-state index is 0.0252. The van der Waals surface area contributed by atoms with Gasteiger partial charge in [0.2, 0.25) is 5.91 Å². The number of hydrogen-bond acceptors (Lipinski definition) is 12. The first-order chi connectivity index (χ1) is 21.0. The number of nitrogens with zero attached hydrogens (tertiary/aromatic N) is 4. The molecule has 3 atom stereocenters. The second-order valence-electron chi connectivity index (χ2n) is 9.63. The third-order valence-corrected chi connectivity index (χ3v) is 9.29. The first-order valence-electron chi connectivity index (χ1n) is 12.8. The number of rotatable bonds is 9. The number of nitrogens with one attached hydrogen (secondary N) is 2. The van der Waals surface area contributed by atoms with E-state index in [1.165, 1.54) is 24.9 Å². The van der Waals surface area contributed by atoms with Crippen LogP contribution in [0.3, 0.4) is 0 Å². The largest absolute Gasteiger partial charge is 0.504 e. The van der Waals surface area contributed by atoms with Crippen molar-refractivity contribution in [1.82, 2.24) is 30.3 Å². The molecular formula is C27H24N6O9S2. The molecule has 2 aromatic carbocycles. The van der Waals surface area contributed by atoms with E-state index in [4.69, 9.17) is 0 Å². The summed E-state index contributed by atoms with van der Waals surface area (Å²) in [7, 11) is 1.38. The number of amides is 3. The molecular weight excluding hydrogens is 616 g/mol. The van der Waals surface area contributed by atoms with Crippen molar-refractivity contribution in [3.63, 3.8) is 0 Å². The normalized spacial score (nSPS) is 18.2. The molecule has 1 saturated heterocycles. The van der Waals surface area contributed by atoms with Crippen LogP contribution in [-0.4, -0.2) is 86.7 Å². The summed E-state index contributed by atoms with van der Waals surface area (Å²) in [5, 5.41) is 50.5. The van der Waals surface area contributed by atoms with E-state index >= 15 is 0 Å². The Hall–Kier alpha value is -5.03. The minimum atomic E-state index is -1.35. The first-order valence-corrected chi connectivity index (χ1v) is 14.8. The van der Waals surface area contributed by atoms with Gasteiger partial charge in [0.15, 0.2) is 16.7 Å². The predicted octanol–water partition coefficient (Wildman–Crippen LogP) is 0.294. The second kappa shape index (κ2) is 12.3. The number of phenols is 2. The molecule has 2 unspecified atom stereocenters. The van der Waals surface area contributed by atoms with E-state index in [2.05, 4.69) is 20.8 Å². The number of benzene rings is 2. The molecule has 1 aromatic heterocycles. The van der Waals surface area contributed by atoms with E-state index in [9.17, 15) is 44.4 Å². The Morgan fingerprint density at radius 2 is 1.80 bits per heavy atom. The van der Waals surface area contributed by atoms with Crippen molar-refractivity contribution < 1.29 is 39.6 Å². The molecule has 0 bridgehead atoms. The van der Waals surface area contributed by atoms with Crippen molar-refractivity contribution in [3.05, 3.63) is 81.3 Å². The fraction of sp³-hybridized carbons (Fsp3) is 0.222. The molecule has 3 aromatic rings. The zero-order valence-corrected chi connectivity index (χ0v) is 24.3. The Labute approximate surface area is 256 Å². The highest BCUT2D eigenvalue weighted by Gasteiger charge is 2.54. The lowest BCUT2D eigenvalue weighted by Gasteiger charge is -2.49. The van der Waals surface area contributed by atoms with Gasteiger partial charge in [0.25, 0.3) is 17.7 Å². The van der Waals surface area contributed by atoms with E-state index in [0.29, 0.717) is 11.1 Å². The van der Waals surface area contributed by atoms with Crippen LogP contribution in [0, 0.1) is 0 Å². The minimum Gasteiger partial charge on any atom is -0.504 e. The van der Waals surface area contributed by atoms with E-state index in [0.717, 1.165) is 33.4 Å². The summed E-state index contributed by atoms with van der Waals surface area (Å²) < 4.78 is 1.07. The van der Waals surface area contributed by atoms with Crippen molar-refractivity contribution in [2.24, 2.45) is 7.05 Å².